The average molecular weight is 835 g/mol. The summed E-state index contributed by atoms with van der Waals surface area (Å²) in [5, 5.41) is 2.68. The van der Waals surface area contributed by atoms with Crippen LogP contribution in [0.1, 0.15) is 61.6 Å². The molecule has 0 aromatic heterocycles. The molecule has 0 spiro atoms. The van der Waals surface area contributed by atoms with Crippen molar-refractivity contribution in [1.29, 1.82) is 0 Å². The Morgan fingerprint density at radius 1 is 0.914 bits per heavy atom. The van der Waals surface area contributed by atoms with Crippen LogP contribution in [0.15, 0.2) is 36.4 Å². The van der Waals surface area contributed by atoms with Gasteiger partial charge < -0.3 is 44.9 Å². The Balaban J connectivity index is 1.05. The van der Waals surface area contributed by atoms with Gasteiger partial charge in [0.15, 0.2) is 6.10 Å². The van der Waals surface area contributed by atoms with Gasteiger partial charge in [0.1, 0.15) is 6.61 Å². The number of para-hydroxylation sites is 1. The van der Waals surface area contributed by atoms with Crippen molar-refractivity contribution in [3.05, 3.63) is 58.1 Å². The molecule has 0 unspecified atom stereocenters. The number of nitrogens with two attached hydrogens (primary N) is 1. The number of esters is 1. The molecule has 2 aromatic rings. The number of methoxy groups -OCH3 is 1. The molecular formula is C41H54ClF3N6O7. The highest BCUT2D eigenvalue weighted by atomic mass is 35.5. The molecule has 0 bridgehead atoms. The van der Waals surface area contributed by atoms with Gasteiger partial charge in [0.05, 0.1) is 29.3 Å². The number of hydrogen-bond acceptors (Lipinski definition) is 9. The van der Waals surface area contributed by atoms with Crippen molar-refractivity contribution < 1.29 is 46.6 Å². The molecule has 318 valence electrons. The van der Waals surface area contributed by atoms with Gasteiger partial charge in [0.2, 0.25) is 0 Å². The van der Waals surface area contributed by atoms with Gasteiger partial charge in [-0.3, -0.25) is 9.59 Å². The minimum atomic E-state index is -4.79. The fourth-order valence-electron chi connectivity index (χ4n) is 8.72. The summed E-state index contributed by atoms with van der Waals surface area (Å²) in [6, 6.07) is 9.49. The van der Waals surface area contributed by atoms with Crippen LogP contribution in [0.25, 0.3) is 0 Å². The van der Waals surface area contributed by atoms with Gasteiger partial charge in [-0.2, -0.15) is 13.2 Å². The van der Waals surface area contributed by atoms with Crippen molar-refractivity contribution in [3.8, 4) is 0 Å². The van der Waals surface area contributed by atoms with E-state index in [-0.39, 0.29) is 54.7 Å². The zero-order chi connectivity index (χ0) is 41.4. The lowest BCUT2D eigenvalue weighted by molar-refractivity contribution is -0.145. The van der Waals surface area contributed by atoms with Crippen molar-refractivity contribution in [1.82, 2.24) is 19.6 Å². The minimum absolute atomic E-state index is 0.0643. The molecule has 6 rings (SSSR count). The van der Waals surface area contributed by atoms with Crippen molar-refractivity contribution in [3.63, 3.8) is 0 Å². The predicted octanol–water partition coefficient (Wildman–Crippen LogP) is 6.07. The highest BCUT2D eigenvalue weighted by Crippen LogP contribution is 2.39. The van der Waals surface area contributed by atoms with Crippen LogP contribution in [0, 0.1) is 11.8 Å². The quantitative estimate of drug-likeness (QED) is 0.148. The van der Waals surface area contributed by atoms with E-state index < -0.39 is 35.5 Å². The number of benzene rings is 2. The van der Waals surface area contributed by atoms with Crippen LogP contribution in [0.5, 0.6) is 0 Å². The number of carbonyl (C=O) groups excluding carboxylic acids is 4. The van der Waals surface area contributed by atoms with Crippen molar-refractivity contribution >= 4 is 47.0 Å². The number of urea groups is 1. The van der Waals surface area contributed by atoms with E-state index in [0.717, 1.165) is 56.1 Å². The van der Waals surface area contributed by atoms with E-state index in [1.807, 2.05) is 24.3 Å². The molecule has 3 saturated heterocycles. The summed E-state index contributed by atoms with van der Waals surface area (Å²) in [6.45, 7) is 4.91. The van der Waals surface area contributed by atoms with Gasteiger partial charge in [0, 0.05) is 64.5 Å². The number of nitrogens with one attached hydrogen (secondary N) is 1. The SMILES string of the molecule is COCCOC(=O)CCN1CCC(C2CCN(C(=O)[C@@H](Cc3cc(Cl)c(N)c(C(F)(F)F)c3)OC(=O)N3CCC(N4CCc5ccccc5NC4=O)CC3)CC2)CC1. The summed E-state index contributed by atoms with van der Waals surface area (Å²) in [5.41, 5.74) is 5.85. The smallest absolute Gasteiger partial charge is 0.418 e. The lowest BCUT2D eigenvalue weighted by Crippen LogP contribution is -2.52. The van der Waals surface area contributed by atoms with Crippen molar-refractivity contribution in [2.24, 2.45) is 11.8 Å². The minimum Gasteiger partial charge on any atom is -0.463 e. The van der Waals surface area contributed by atoms with Gasteiger partial charge >= 0.3 is 24.3 Å². The lowest BCUT2D eigenvalue weighted by atomic mass is 9.78. The summed E-state index contributed by atoms with van der Waals surface area (Å²) in [4.78, 5) is 60.2. The summed E-state index contributed by atoms with van der Waals surface area (Å²) in [7, 11) is 1.55. The number of nitrogen functional groups attached to an aromatic ring is 1. The average Bonchev–Trinajstić information content (AvgIpc) is 3.38. The monoisotopic (exact) mass is 834 g/mol. The second kappa shape index (κ2) is 19.6. The molecule has 17 heteroatoms. The third kappa shape index (κ3) is 11.1. The molecule has 58 heavy (non-hydrogen) atoms. The summed E-state index contributed by atoms with van der Waals surface area (Å²) < 4.78 is 57.7. The molecule has 0 radical (unpaired) electrons. The fourth-order valence-corrected chi connectivity index (χ4v) is 8.96. The highest BCUT2D eigenvalue weighted by Gasteiger charge is 2.39. The molecule has 0 saturated carbocycles. The van der Waals surface area contributed by atoms with Crippen LogP contribution in [0.2, 0.25) is 5.02 Å². The van der Waals surface area contributed by atoms with E-state index in [2.05, 4.69) is 10.2 Å². The number of likely N-dealkylation sites (tertiary alicyclic amines) is 3. The number of halogens is 4. The maximum atomic E-state index is 14.2. The number of fused-ring (bicyclic) bond motifs is 1. The first-order chi connectivity index (χ1) is 27.8. The van der Waals surface area contributed by atoms with Gasteiger partial charge in [-0.25, -0.2) is 9.59 Å². The Bertz CT molecular complexity index is 1760. The highest BCUT2D eigenvalue weighted by molar-refractivity contribution is 6.33. The second-order valence-corrected chi connectivity index (χ2v) is 16.1. The van der Waals surface area contributed by atoms with Crippen LogP contribution in [0.3, 0.4) is 0 Å². The number of anilines is 2. The molecule has 13 nitrogen and oxygen atoms in total. The molecule has 0 aliphatic carbocycles. The fraction of sp³-hybridized carbons (Fsp3) is 0.610. The van der Waals surface area contributed by atoms with Crippen LogP contribution >= 0.6 is 11.6 Å². The molecule has 3 fully saturated rings. The maximum absolute atomic E-state index is 14.2. The largest absolute Gasteiger partial charge is 0.463 e. The van der Waals surface area contributed by atoms with Gasteiger partial charge in [-0.15, -0.1) is 0 Å². The Morgan fingerprint density at radius 3 is 2.24 bits per heavy atom. The maximum Gasteiger partial charge on any atom is 0.418 e. The predicted molar refractivity (Wildman–Crippen MR) is 211 cm³/mol. The summed E-state index contributed by atoms with van der Waals surface area (Å²) >= 11 is 6.15. The first kappa shape index (κ1) is 43.3. The van der Waals surface area contributed by atoms with Crippen LogP contribution < -0.4 is 11.1 Å². The van der Waals surface area contributed by atoms with Crippen molar-refractivity contribution in [2.75, 3.05) is 83.7 Å². The third-order valence-corrected chi connectivity index (χ3v) is 12.4. The van der Waals surface area contributed by atoms with E-state index in [1.165, 1.54) is 11.0 Å². The molecule has 2 aromatic carbocycles. The number of piperidine rings is 3. The van der Waals surface area contributed by atoms with E-state index in [0.29, 0.717) is 70.3 Å². The molecule has 4 aliphatic heterocycles. The zero-order valence-corrected chi connectivity index (χ0v) is 33.7. The van der Waals surface area contributed by atoms with Crippen LogP contribution in [0.4, 0.5) is 34.1 Å². The Morgan fingerprint density at radius 2 is 1.57 bits per heavy atom. The van der Waals surface area contributed by atoms with Crippen molar-refractivity contribution in [2.45, 2.75) is 76.1 Å². The van der Waals surface area contributed by atoms with Crippen LogP contribution in [-0.4, -0.2) is 128 Å². The molecule has 4 amide bonds. The zero-order valence-electron chi connectivity index (χ0n) is 32.9. The Kier molecular flexibility index (Phi) is 14.7. The van der Waals surface area contributed by atoms with E-state index in [9.17, 15) is 32.3 Å². The van der Waals surface area contributed by atoms with E-state index in [4.69, 9.17) is 31.5 Å². The number of hydrogen-bond donors (Lipinski definition) is 2. The number of nitrogens with zero attached hydrogens (tertiary/aromatic N) is 4. The standard InChI is InChI=1S/C41H54ClF3N6O7/c1-56-22-23-57-36(52)13-16-48-14-6-28(7-15-48)29-8-17-49(18-9-29)38(53)35(26-27-24-32(41(43,44)45)37(46)33(42)25-27)58-40(55)50-19-11-31(12-20-50)51-21-10-30-4-2-3-5-34(30)47-39(51)54/h2-5,24-25,28-29,31,35H,6-23,26,46H2,1H3,(H,47,54)/t35-/m1/s1. The second-order valence-electron chi connectivity index (χ2n) is 15.7. The molecule has 3 N–H and O–H groups in total. The first-order valence-electron chi connectivity index (χ1n) is 20.2. The number of amides is 4. The van der Waals surface area contributed by atoms with Gasteiger partial charge in [-0.1, -0.05) is 29.8 Å². The molecule has 1 atom stereocenters. The Hall–Kier alpha value is -4.28. The third-order valence-electron chi connectivity index (χ3n) is 12.1. The van der Waals surface area contributed by atoms with Crippen LogP contribution in [-0.2, 0) is 42.8 Å². The lowest BCUT2D eigenvalue weighted by Gasteiger charge is -2.41. The topological polar surface area (TPSA) is 147 Å². The van der Waals surface area contributed by atoms with E-state index in [1.54, 1.807) is 16.9 Å². The number of ether oxygens (including phenoxy) is 3. The summed E-state index contributed by atoms with van der Waals surface area (Å²) in [5.74, 6) is 0.136. The molecule has 4 heterocycles. The normalized spacial score (nSPS) is 19.6. The van der Waals surface area contributed by atoms with E-state index >= 15 is 0 Å². The van der Waals surface area contributed by atoms with Gasteiger partial charge in [-0.05, 0) is 99.2 Å². The summed E-state index contributed by atoms with van der Waals surface area (Å²) in [6.07, 6.45) is -1.80. The number of carbonyl (C=O) groups is 4. The first-order valence-corrected chi connectivity index (χ1v) is 20.6. The van der Waals surface area contributed by atoms with Gasteiger partial charge in [0.25, 0.3) is 5.91 Å². The molecule has 4 aliphatic rings. The Labute approximate surface area is 342 Å². The number of rotatable bonds is 12. The number of alkyl halides is 3. The molecular weight excluding hydrogens is 781 g/mol.